The van der Waals surface area contributed by atoms with Crippen molar-refractivity contribution >= 4 is 29.1 Å². The van der Waals surface area contributed by atoms with Crippen molar-refractivity contribution in [2.75, 3.05) is 0 Å². The molecule has 0 bridgehead atoms. The molecule has 0 aliphatic heterocycles. The summed E-state index contributed by atoms with van der Waals surface area (Å²) in [6.07, 6.45) is 4.70. The molecule has 0 aliphatic carbocycles. The predicted octanol–water partition coefficient (Wildman–Crippen LogP) is 4.28. The fourth-order valence-electron chi connectivity index (χ4n) is 3.44. The van der Waals surface area contributed by atoms with E-state index in [2.05, 4.69) is 108 Å². The molecule has 0 atom stereocenters. The van der Waals surface area contributed by atoms with Crippen LogP contribution >= 0.6 is 0 Å². The van der Waals surface area contributed by atoms with Crippen LogP contribution in [0.5, 0.6) is 0 Å². The zero-order valence-corrected chi connectivity index (χ0v) is 18.3. The molecule has 0 unspecified atom stereocenters. The molecule has 0 aromatic heterocycles. The Balaban J connectivity index is 2.18. The molecule has 0 amide bonds. The molecule has 0 saturated carbocycles. The normalized spacial score (nSPS) is 10.8. The zero-order valence-electron chi connectivity index (χ0n) is 15.5. The van der Waals surface area contributed by atoms with Crippen molar-refractivity contribution in [3.8, 4) is 9.86 Å². The molecule has 0 spiro atoms. The van der Waals surface area contributed by atoms with Gasteiger partial charge in [-0.05, 0) is 0 Å². The van der Waals surface area contributed by atoms with Gasteiger partial charge in [0.1, 0.15) is 0 Å². The number of benzene rings is 3. The van der Waals surface area contributed by atoms with Crippen LogP contribution in [-0.4, -0.2) is 18.4 Å². The van der Waals surface area contributed by atoms with Gasteiger partial charge < -0.3 is 0 Å². The molecule has 130 valence electrons. The Bertz CT molecular complexity index is 746. The summed E-state index contributed by atoms with van der Waals surface area (Å²) >= 11 is -3.32. The Morgan fingerprint density at radius 3 is 1.42 bits per heavy atom. The van der Waals surface area contributed by atoms with Gasteiger partial charge in [-0.25, -0.2) is 0 Å². The van der Waals surface area contributed by atoms with Gasteiger partial charge in [-0.3, -0.25) is 0 Å². The molecule has 3 aromatic carbocycles. The van der Waals surface area contributed by atoms with E-state index in [-0.39, 0.29) is 0 Å². The summed E-state index contributed by atoms with van der Waals surface area (Å²) in [5, 5.41) is 0. The van der Waals surface area contributed by atoms with Crippen LogP contribution in [0, 0.1) is 9.86 Å². The third kappa shape index (κ3) is 4.22. The maximum atomic E-state index is 3.90. The summed E-state index contributed by atoms with van der Waals surface area (Å²) < 4.78 is 8.20. The van der Waals surface area contributed by atoms with Crippen LogP contribution in [0.15, 0.2) is 91.0 Å². The van der Waals surface area contributed by atoms with Gasteiger partial charge in [0.15, 0.2) is 0 Å². The molecule has 3 aromatic rings. The second-order valence-electron chi connectivity index (χ2n) is 6.61. The standard InChI is InChI=1S/C7H11.3C6H5.Sn/c1-3-5-7-6-4-2;3*1-2-4-6-5-3-1;/h3,5-7H2,1H3;3*1-5H;. The predicted molar refractivity (Wildman–Crippen MR) is 116 cm³/mol. The van der Waals surface area contributed by atoms with E-state index in [1.807, 2.05) is 0 Å². The first-order valence-corrected chi connectivity index (χ1v) is 15.3. The fraction of sp³-hybridized carbons (Fsp3) is 0.200. The second-order valence-corrected chi connectivity index (χ2v) is 16.5. The van der Waals surface area contributed by atoms with Crippen LogP contribution < -0.4 is 10.7 Å². The van der Waals surface area contributed by atoms with Crippen molar-refractivity contribution in [3.05, 3.63) is 91.0 Å². The van der Waals surface area contributed by atoms with E-state index in [0.717, 1.165) is 6.42 Å². The average molecular weight is 445 g/mol. The van der Waals surface area contributed by atoms with Crippen molar-refractivity contribution in [3.63, 3.8) is 0 Å². The van der Waals surface area contributed by atoms with Gasteiger partial charge in [-0.1, -0.05) is 0 Å². The van der Waals surface area contributed by atoms with Crippen molar-refractivity contribution in [1.29, 1.82) is 0 Å². The first-order chi connectivity index (χ1) is 12.9. The Hall–Kier alpha value is -1.98. The molecule has 1 heteroatoms. The van der Waals surface area contributed by atoms with Gasteiger partial charge in [0.2, 0.25) is 0 Å². The summed E-state index contributed by atoms with van der Waals surface area (Å²) in [7, 11) is 0. The van der Waals surface area contributed by atoms with Gasteiger partial charge in [0.25, 0.3) is 0 Å². The molecule has 0 N–H and O–H groups in total. The molecule has 0 saturated heterocycles. The molecule has 26 heavy (non-hydrogen) atoms. The third-order valence-corrected chi connectivity index (χ3v) is 16.6. The minimum absolute atomic E-state index is 0.999. The molecule has 0 radical (unpaired) electrons. The monoisotopic (exact) mass is 446 g/mol. The summed E-state index contributed by atoms with van der Waals surface area (Å²) in [5.41, 5.74) is 0. The number of rotatable bonds is 6. The molecule has 0 heterocycles. The second kappa shape index (κ2) is 9.64. The summed E-state index contributed by atoms with van der Waals surface area (Å²) in [5.74, 6) is 3.60. The molecule has 0 fully saturated rings. The van der Waals surface area contributed by atoms with E-state index < -0.39 is 18.4 Å². The van der Waals surface area contributed by atoms with E-state index in [9.17, 15) is 0 Å². The fourth-order valence-corrected chi connectivity index (χ4v) is 14.6. The van der Waals surface area contributed by atoms with Crippen molar-refractivity contribution in [1.82, 2.24) is 0 Å². The third-order valence-electron chi connectivity index (χ3n) is 4.80. The molecule has 3 rings (SSSR count). The van der Waals surface area contributed by atoms with Crippen molar-refractivity contribution < 1.29 is 0 Å². The van der Waals surface area contributed by atoms with E-state index in [0.29, 0.717) is 0 Å². The van der Waals surface area contributed by atoms with Crippen molar-refractivity contribution in [2.45, 2.75) is 32.6 Å². The SMILES string of the molecule is CCCCCC#[C][Sn]([c]1ccccc1)([c]1ccccc1)[c]1ccccc1. The van der Waals surface area contributed by atoms with Gasteiger partial charge in [-0.15, -0.1) is 0 Å². The van der Waals surface area contributed by atoms with E-state index >= 15 is 0 Å². The number of hydrogen-bond donors (Lipinski definition) is 0. The van der Waals surface area contributed by atoms with Crippen LogP contribution in [0.4, 0.5) is 0 Å². The van der Waals surface area contributed by atoms with Crippen LogP contribution in [0.3, 0.4) is 0 Å². The van der Waals surface area contributed by atoms with Crippen LogP contribution in [0.1, 0.15) is 32.6 Å². The molecular weight excluding hydrogens is 419 g/mol. The van der Waals surface area contributed by atoms with Crippen molar-refractivity contribution in [2.24, 2.45) is 0 Å². The van der Waals surface area contributed by atoms with E-state index in [4.69, 9.17) is 0 Å². The van der Waals surface area contributed by atoms with Gasteiger partial charge in [0.05, 0.1) is 0 Å². The van der Waals surface area contributed by atoms with Crippen LogP contribution in [0.25, 0.3) is 0 Å². The van der Waals surface area contributed by atoms with Gasteiger partial charge >= 0.3 is 163 Å². The molecule has 0 aliphatic rings. The molecule has 0 nitrogen and oxygen atoms in total. The topological polar surface area (TPSA) is 0 Å². The quantitative estimate of drug-likeness (QED) is 0.302. The summed E-state index contributed by atoms with van der Waals surface area (Å²) in [4.78, 5) is 0. The summed E-state index contributed by atoms with van der Waals surface area (Å²) in [6, 6.07) is 33.0. The Morgan fingerprint density at radius 1 is 0.615 bits per heavy atom. The minimum atomic E-state index is -3.32. The van der Waals surface area contributed by atoms with Gasteiger partial charge in [0, 0.05) is 0 Å². The maximum absolute atomic E-state index is 3.90. The Labute approximate surface area is 162 Å². The Morgan fingerprint density at radius 2 is 1.04 bits per heavy atom. The first-order valence-electron chi connectivity index (χ1n) is 9.54. The van der Waals surface area contributed by atoms with Crippen LogP contribution in [0.2, 0.25) is 0 Å². The average Bonchev–Trinajstić information content (AvgIpc) is 2.73. The van der Waals surface area contributed by atoms with E-state index in [1.54, 1.807) is 0 Å². The molecular formula is C25H26Sn. The van der Waals surface area contributed by atoms with E-state index in [1.165, 1.54) is 30.0 Å². The summed E-state index contributed by atoms with van der Waals surface area (Å²) in [6.45, 7) is 2.24. The number of hydrogen-bond acceptors (Lipinski definition) is 0. The van der Waals surface area contributed by atoms with Crippen LogP contribution in [-0.2, 0) is 0 Å². The number of unbranched alkanes of at least 4 members (excludes halogenated alkanes) is 3. The Kier molecular flexibility index (Phi) is 6.97. The first kappa shape index (κ1) is 18.8. The zero-order chi connectivity index (χ0) is 18.1. The van der Waals surface area contributed by atoms with Gasteiger partial charge in [-0.2, -0.15) is 0 Å².